The van der Waals surface area contributed by atoms with Crippen LogP contribution >= 0.6 is 23.2 Å². The van der Waals surface area contributed by atoms with Gasteiger partial charge in [-0.05, 0) is 19.1 Å². The molecule has 0 aliphatic carbocycles. The lowest BCUT2D eigenvalue weighted by molar-refractivity contribution is 0.171. The van der Waals surface area contributed by atoms with Crippen LogP contribution in [0.15, 0.2) is 18.2 Å². The van der Waals surface area contributed by atoms with E-state index in [1.54, 1.807) is 37.0 Å². The van der Waals surface area contributed by atoms with Gasteiger partial charge in [-0.1, -0.05) is 29.3 Å². The number of methoxy groups -OCH3 is 1. The molecular weight excluding hydrogens is 299 g/mol. The van der Waals surface area contributed by atoms with E-state index < -0.39 is 6.10 Å². The van der Waals surface area contributed by atoms with Crippen LogP contribution in [0.1, 0.15) is 23.1 Å². The van der Waals surface area contributed by atoms with Crippen molar-refractivity contribution in [3.63, 3.8) is 0 Å². The first-order chi connectivity index (χ1) is 9.45. The lowest BCUT2D eigenvalue weighted by atomic mass is 10.0. The van der Waals surface area contributed by atoms with Crippen LogP contribution in [-0.4, -0.2) is 22.0 Å². The van der Waals surface area contributed by atoms with Gasteiger partial charge in [0.05, 0.1) is 34.6 Å². The van der Waals surface area contributed by atoms with E-state index in [1.165, 1.54) is 0 Å². The highest BCUT2D eigenvalue weighted by Crippen LogP contribution is 2.35. The smallest absolute Gasteiger partial charge is 0.126 e. The zero-order chi connectivity index (χ0) is 14.9. The van der Waals surface area contributed by atoms with Gasteiger partial charge in [0.2, 0.25) is 0 Å². The third kappa shape index (κ3) is 2.77. The Morgan fingerprint density at radius 2 is 2.10 bits per heavy atom. The molecular formula is C14H16Cl2N2O2. The van der Waals surface area contributed by atoms with Crippen molar-refractivity contribution < 1.29 is 9.84 Å². The number of benzene rings is 1. The molecule has 20 heavy (non-hydrogen) atoms. The number of aryl methyl sites for hydroxylation is 2. The van der Waals surface area contributed by atoms with Crippen LogP contribution in [0.25, 0.3) is 0 Å². The van der Waals surface area contributed by atoms with Gasteiger partial charge in [0.1, 0.15) is 5.75 Å². The summed E-state index contributed by atoms with van der Waals surface area (Å²) in [6.07, 6.45) is -0.498. The first kappa shape index (κ1) is 15.2. The lowest BCUT2D eigenvalue weighted by Crippen LogP contribution is -2.08. The van der Waals surface area contributed by atoms with Crippen LogP contribution in [-0.2, 0) is 13.5 Å². The van der Waals surface area contributed by atoms with E-state index in [-0.39, 0.29) is 0 Å². The summed E-state index contributed by atoms with van der Waals surface area (Å²) in [7, 11) is 3.34. The highest BCUT2D eigenvalue weighted by molar-refractivity contribution is 6.32. The molecule has 1 unspecified atom stereocenters. The standard InChI is InChI=1S/C14H16Cl2N2O2/c1-8-14(16)10(18(2)17-8)7-11(19)13-9(15)5-4-6-12(13)20-3/h4-6,11,19H,7H2,1-3H3. The number of nitrogens with zero attached hydrogens (tertiary/aromatic N) is 2. The van der Waals surface area contributed by atoms with Crippen molar-refractivity contribution in [3.8, 4) is 5.75 Å². The minimum atomic E-state index is -0.814. The van der Waals surface area contributed by atoms with Crippen molar-refractivity contribution in [2.24, 2.45) is 7.05 Å². The summed E-state index contributed by atoms with van der Waals surface area (Å²) < 4.78 is 6.92. The number of aromatic nitrogens is 2. The molecule has 4 nitrogen and oxygen atoms in total. The normalized spacial score (nSPS) is 12.5. The fraction of sp³-hybridized carbons (Fsp3) is 0.357. The maximum absolute atomic E-state index is 10.5. The van der Waals surface area contributed by atoms with Gasteiger partial charge in [0, 0.05) is 19.0 Å². The molecule has 6 heteroatoms. The highest BCUT2D eigenvalue weighted by Gasteiger charge is 2.21. The lowest BCUT2D eigenvalue weighted by Gasteiger charge is -2.16. The molecule has 0 saturated carbocycles. The molecule has 1 N–H and O–H groups in total. The largest absolute Gasteiger partial charge is 0.496 e. The molecule has 0 radical (unpaired) electrons. The Morgan fingerprint density at radius 3 is 2.65 bits per heavy atom. The maximum Gasteiger partial charge on any atom is 0.126 e. The molecule has 0 aliphatic heterocycles. The van der Waals surface area contributed by atoms with Crippen LogP contribution in [0.5, 0.6) is 5.75 Å². The van der Waals surface area contributed by atoms with E-state index >= 15 is 0 Å². The van der Waals surface area contributed by atoms with Gasteiger partial charge in [0.15, 0.2) is 0 Å². The summed E-state index contributed by atoms with van der Waals surface area (Å²) in [5.74, 6) is 0.556. The Kier molecular flexibility index (Phi) is 4.58. The van der Waals surface area contributed by atoms with Crippen LogP contribution in [0.4, 0.5) is 0 Å². The molecule has 1 heterocycles. The van der Waals surface area contributed by atoms with Crippen LogP contribution < -0.4 is 4.74 Å². The molecule has 1 aromatic carbocycles. The molecule has 0 bridgehead atoms. The second-order valence-electron chi connectivity index (χ2n) is 4.55. The van der Waals surface area contributed by atoms with Gasteiger partial charge in [-0.25, -0.2) is 0 Å². The summed E-state index contributed by atoms with van der Waals surface area (Å²) in [6.45, 7) is 1.83. The van der Waals surface area contributed by atoms with Crippen LogP contribution in [0.3, 0.4) is 0 Å². The third-order valence-electron chi connectivity index (χ3n) is 3.21. The first-order valence-electron chi connectivity index (χ1n) is 6.14. The Labute approximate surface area is 127 Å². The number of ether oxygens (including phenoxy) is 1. The van der Waals surface area contributed by atoms with Gasteiger partial charge >= 0.3 is 0 Å². The van der Waals surface area contributed by atoms with Crippen molar-refractivity contribution in [2.75, 3.05) is 7.11 Å². The highest BCUT2D eigenvalue weighted by atomic mass is 35.5. The van der Waals surface area contributed by atoms with Crippen LogP contribution in [0.2, 0.25) is 10.0 Å². The van der Waals surface area contributed by atoms with E-state index in [4.69, 9.17) is 27.9 Å². The number of aliphatic hydroxyl groups is 1. The monoisotopic (exact) mass is 314 g/mol. The van der Waals surface area contributed by atoms with Gasteiger partial charge < -0.3 is 9.84 Å². The molecule has 108 valence electrons. The van der Waals surface area contributed by atoms with Crippen molar-refractivity contribution >= 4 is 23.2 Å². The molecule has 0 aliphatic rings. The third-order valence-corrected chi connectivity index (χ3v) is 4.04. The molecule has 2 aromatic rings. The quantitative estimate of drug-likeness (QED) is 0.941. The summed E-state index contributed by atoms with van der Waals surface area (Å²) >= 11 is 12.4. The Balaban J connectivity index is 2.35. The summed E-state index contributed by atoms with van der Waals surface area (Å²) in [4.78, 5) is 0. The summed E-state index contributed by atoms with van der Waals surface area (Å²) in [5, 5.41) is 15.7. The molecule has 0 spiro atoms. The predicted molar refractivity (Wildman–Crippen MR) is 79.6 cm³/mol. The Bertz CT molecular complexity index is 626. The van der Waals surface area contributed by atoms with Gasteiger partial charge in [-0.2, -0.15) is 5.10 Å². The number of aliphatic hydroxyl groups excluding tert-OH is 1. The Morgan fingerprint density at radius 1 is 1.40 bits per heavy atom. The van der Waals surface area contributed by atoms with E-state index in [1.807, 2.05) is 6.92 Å². The number of rotatable bonds is 4. The van der Waals surface area contributed by atoms with E-state index in [9.17, 15) is 5.11 Å². The first-order valence-corrected chi connectivity index (χ1v) is 6.89. The molecule has 0 saturated heterocycles. The zero-order valence-electron chi connectivity index (χ0n) is 11.5. The molecule has 1 atom stereocenters. The van der Waals surface area contributed by atoms with Crippen molar-refractivity contribution in [1.29, 1.82) is 0 Å². The van der Waals surface area contributed by atoms with Crippen molar-refractivity contribution in [2.45, 2.75) is 19.4 Å². The van der Waals surface area contributed by atoms with E-state index in [2.05, 4.69) is 5.10 Å². The SMILES string of the molecule is COc1cccc(Cl)c1C(O)Cc1c(Cl)c(C)nn1C. The molecule has 0 fully saturated rings. The molecule has 0 amide bonds. The summed E-state index contributed by atoms with van der Waals surface area (Å²) in [5.41, 5.74) is 2.06. The fourth-order valence-corrected chi connectivity index (χ4v) is 2.73. The van der Waals surface area contributed by atoms with E-state index in [0.29, 0.717) is 27.8 Å². The minimum Gasteiger partial charge on any atom is -0.496 e. The predicted octanol–water partition coefficient (Wildman–Crippen LogP) is 3.32. The average Bonchev–Trinajstić information content (AvgIpc) is 2.64. The molecule has 1 aromatic heterocycles. The van der Waals surface area contributed by atoms with Gasteiger partial charge in [-0.3, -0.25) is 4.68 Å². The minimum absolute atomic E-state index is 0.316. The van der Waals surface area contributed by atoms with Crippen molar-refractivity contribution in [1.82, 2.24) is 9.78 Å². The van der Waals surface area contributed by atoms with E-state index in [0.717, 1.165) is 11.4 Å². The maximum atomic E-state index is 10.5. The fourth-order valence-electron chi connectivity index (χ4n) is 2.21. The number of hydrogen-bond acceptors (Lipinski definition) is 3. The average molecular weight is 315 g/mol. The molecule has 2 rings (SSSR count). The van der Waals surface area contributed by atoms with Gasteiger partial charge in [-0.15, -0.1) is 0 Å². The van der Waals surface area contributed by atoms with Crippen molar-refractivity contribution in [3.05, 3.63) is 45.2 Å². The van der Waals surface area contributed by atoms with Crippen LogP contribution in [0, 0.1) is 6.92 Å². The zero-order valence-corrected chi connectivity index (χ0v) is 13.0. The summed E-state index contributed by atoms with van der Waals surface area (Å²) in [6, 6.07) is 5.26. The topological polar surface area (TPSA) is 47.3 Å². The number of halogens is 2. The second kappa shape index (κ2) is 6.04. The number of hydrogen-bond donors (Lipinski definition) is 1. The van der Waals surface area contributed by atoms with Gasteiger partial charge in [0.25, 0.3) is 0 Å². The Hall–Kier alpha value is -1.23. The second-order valence-corrected chi connectivity index (χ2v) is 5.33.